The lowest BCUT2D eigenvalue weighted by molar-refractivity contribution is 0.467. The van der Waals surface area contributed by atoms with Crippen LogP contribution in [0, 0.1) is 0 Å². The number of benzene rings is 1. The number of hydrogen-bond donors (Lipinski definition) is 0. The standard InChI is InChI=1S/C32H52N2S/c1-2-5-9-13-17-21-27(22-18-14-10-6-3-1)29-25-26-30(32-31(29)33-35-34-32)28-23-19-15-11-7-4-8-12-16-20-24-28/h25-28H,1-24H2. The van der Waals surface area contributed by atoms with Gasteiger partial charge in [-0.05, 0) is 48.6 Å². The van der Waals surface area contributed by atoms with E-state index in [1.807, 2.05) is 0 Å². The van der Waals surface area contributed by atoms with Crippen molar-refractivity contribution in [2.24, 2.45) is 0 Å². The van der Waals surface area contributed by atoms with Crippen LogP contribution in [0.1, 0.15) is 177 Å². The first-order valence-corrected chi connectivity index (χ1v) is 16.4. The van der Waals surface area contributed by atoms with Gasteiger partial charge in [0.2, 0.25) is 0 Å². The van der Waals surface area contributed by atoms with Gasteiger partial charge in [0.1, 0.15) is 11.0 Å². The Kier molecular flexibility index (Phi) is 12.4. The third kappa shape index (κ3) is 8.83. The molecule has 2 aliphatic rings. The summed E-state index contributed by atoms with van der Waals surface area (Å²) in [6.45, 7) is 0. The first kappa shape index (κ1) is 27.1. The van der Waals surface area contributed by atoms with E-state index in [4.69, 9.17) is 8.75 Å². The highest BCUT2D eigenvalue weighted by atomic mass is 32.1. The zero-order valence-electron chi connectivity index (χ0n) is 22.6. The van der Waals surface area contributed by atoms with Crippen LogP contribution in [0.15, 0.2) is 12.1 Å². The summed E-state index contributed by atoms with van der Waals surface area (Å²) in [7, 11) is 0. The van der Waals surface area contributed by atoms with Crippen LogP contribution in [0.25, 0.3) is 11.0 Å². The van der Waals surface area contributed by atoms with Gasteiger partial charge in [0.05, 0.1) is 11.7 Å². The van der Waals surface area contributed by atoms with Gasteiger partial charge in [-0.15, -0.1) is 0 Å². The molecule has 35 heavy (non-hydrogen) atoms. The van der Waals surface area contributed by atoms with E-state index in [0.29, 0.717) is 11.8 Å². The second-order valence-electron chi connectivity index (χ2n) is 11.8. The minimum Gasteiger partial charge on any atom is -0.173 e. The Morgan fingerprint density at radius 3 is 0.943 bits per heavy atom. The normalized spacial score (nSPS) is 22.7. The molecular weight excluding hydrogens is 444 g/mol. The number of nitrogens with zero attached hydrogens (tertiary/aromatic N) is 2. The van der Waals surface area contributed by atoms with Gasteiger partial charge in [-0.3, -0.25) is 0 Å². The van der Waals surface area contributed by atoms with Crippen LogP contribution in [0.2, 0.25) is 0 Å². The molecule has 196 valence electrons. The van der Waals surface area contributed by atoms with E-state index in [1.165, 1.54) is 188 Å². The van der Waals surface area contributed by atoms with Gasteiger partial charge in [-0.1, -0.05) is 141 Å². The van der Waals surface area contributed by atoms with Crippen molar-refractivity contribution in [1.82, 2.24) is 8.75 Å². The lowest BCUT2D eigenvalue weighted by atomic mass is 9.83. The maximum Gasteiger partial charge on any atom is 0.108 e. The molecule has 0 radical (unpaired) electrons. The molecule has 0 bridgehead atoms. The predicted molar refractivity (Wildman–Crippen MR) is 154 cm³/mol. The Bertz CT molecular complexity index is 802. The van der Waals surface area contributed by atoms with Crippen molar-refractivity contribution in [2.45, 2.75) is 166 Å². The summed E-state index contributed by atoms with van der Waals surface area (Å²) in [6.07, 6.45) is 33.9. The minimum absolute atomic E-state index is 0.676. The highest BCUT2D eigenvalue weighted by molar-refractivity contribution is 7.00. The second kappa shape index (κ2) is 16.0. The average Bonchev–Trinajstić information content (AvgIpc) is 3.36. The van der Waals surface area contributed by atoms with Crippen LogP contribution in [-0.4, -0.2) is 8.75 Å². The molecule has 0 spiro atoms. The zero-order valence-corrected chi connectivity index (χ0v) is 23.4. The molecule has 1 aromatic heterocycles. The van der Waals surface area contributed by atoms with Gasteiger partial charge in [-0.2, -0.15) is 8.75 Å². The maximum absolute atomic E-state index is 4.94. The number of aromatic nitrogens is 2. The van der Waals surface area contributed by atoms with E-state index >= 15 is 0 Å². The fourth-order valence-corrected chi connectivity index (χ4v) is 7.45. The first-order valence-electron chi connectivity index (χ1n) is 15.7. The molecule has 0 aliphatic heterocycles. The fraction of sp³-hybridized carbons (Fsp3) is 0.812. The van der Waals surface area contributed by atoms with E-state index in [-0.39, 0.29) is 0 Å². The third-order valence-electron chi connectivity index (χ3n) is 9.07. The quantitative estimate of drug-likeness (QED) is 0.413. The molecule has 0 amide bonds. The van der Waals surface area contributed by atoms with Crippen molar-refractivity contribution in [2.75, 3.05) is 0 Å². The van der Waals surface area contributed by atoms with Crippen LogP contribution in [-0.2, 0) is 0 Å². The molecule has 0 saturated heterocycles. The SMILES string of the molecule is c1cc(C2CCCCCCCCCCC2)c2nsnc2c1C1CCCCCCCCCCCCC1. The van der Waals surface area contributed by atoms with Gasteiger partial charge < -0.3 is 0 Å². The molecule has 4 rings (SSSR count). The van der Waals surface area contributed by atoms with E-state index in [1.54, 1.807) is 0 Å². The first-order chi connectivity index (χ1) is 17.4. The molecule has 2 aliphatic carbocycles. The molecular formula is C32H52N2S. The Morgan fingerprint density at radius 1 is 0.400 bits per heavy atom. The van der Waals surface area contributed by atoms with Crippen LogP contribution in [0.3, 0.4) is 0 Å². The maximum atomic E-state index is 4.94. The van der Waals surface area contributed by atoms with Gasteiger partial charge in [0.25, 0.3) is 0 Å². The zero-order chi connectivity index (χ0) is 24.0. The largest absolute Gasteiger partial charge is 0.173 e. The van der Waals surface area contributed by atoms with E-state index in [2.05, 4.69) is 12.1 Å². The Morgan fingerprint density at radius 2 is 0.657 bits per heavy atom. The fourth-order valence-electron chi connectivity index (χ4n) is 6.87. The smallest absolute Gasteiger partial charge is 0.108 e. The van der Waals surface area contributed by atoms with Crippen molar-refractivity contribution >= 4 is 22.8 Å². The molecule has 2 aromatic rings. The van der Waals surface area contributed by atoms with Gasteiger partial charge in [0.15, 0.2) is 0 Å². The van der Waals surface area contributed by atoms with Gasteiger partial charge in [-0.25, -0.2) is 0 Å². The summed E-state index contributed by atoms with van der Waals surface area (Å²) in [6, 6.07) is 5.00. The highest BCUT2D eigenvalue weighted by Crippen LogP contribution is 2.39. The second-order valence-corrected chi connectivity index (χ2v) is 12.4. The van der Waals surface area contributed by atoms with Gasteiger partial charge in [0, 0.05) is 0 Å². The topological polar surface area (TPSA) is 25.8 Å². The molecule has 2 saturated carbocycles. The third-order valence-corrected chi connectivity index (χ3v) is 9.60. The lowest BCUT2D eigenvalue weighted by Gasteiger charge is -2.22. The van der Waals surface area contributed by atoms with Crippen molar-refractivity contribution in [3.05, 3.63) is 23.3 Å². The average molecular weight is 497 g/mol. The summed E-state index contributed by atoms with van der Waals surface area (Å²) in [5, 5.41) is 0. The Labute approximate surface area is 220 Å². The molecule has 2 nitrogen and oxygen atoms in total. The summed E-state index contributed by atoms with van der Waals surface area (Å²) in [5.74, 6) is 1.36. The minimum atomic E-state index is 0.676. The van der Waals surface area contributed by atoms with E-state index < -0.39 is 0 Å². The van der Waals surface area contributed by atoms with Crippen molar-refractivity contribution in [3.63, 3.8) is 0 Å². The Balaban J connectivity index is 1.49. The molecule has 1 aromatic carbocycles. The highest BCUT2D eigenvalue weighted by Gasteiger charge is 2.22. The molecule has 2 fully saturated rings. The lowest BCUT2D eigenvalue weighted by Crippen LogP contribution is -2.05. The summed E-state index contributed by atoms with van der Waals surface area (Å²) >= 11 is 1.46. The predicted octanol–water partition coefficient (Wildman–Crippen LogP) is 11.2. The molecule has 3 heteroatoms. The molecule has 0 unspecified atom stereocenters. The monoisotopic (exact) mass is 496 g/mol. The van der Waals surface area contributed by atoms with Crippen molar-refractivity contribution < 1.29 is 0 Å². The van der Waals surface area contributed by atoms with Crippen LogP contribution in [0.5, 0.6) is 0 Å². The summed E-state index contributed by atoms with van der Waals surface area (Å²) < 4.78 is 9.87. The van der Waals surface area contributed by atoms with Crippen LogP contribution < -0.4 is 0 Å². The van der Waals surface area contributed by atoms with Crippen LogP contribution >= 0.6 is 11.7 Å². The number of rotatable bonds is 2. The van der Waals surface area contributed by atoms with Crippen LogP contribution in [0.4, 0.5) is 0 Å². The summed E-state index contributed by atoms with van der Waals surface area (Å²) in [4.78, 5) is 0. The van der Waals surface area contributed by atoms with Crippen molar-refractivity contribution in [3.8, 4) is 0 Å². The van der Waals surface area contributed by atoms with Gasteiger partial charge >= 0.3 is 0 Å². The number of fused-ring (bicyclic) bond motifs is 1. The Hall–Kier alpha value is -0.960. The van der Waals surface area contributed by atoms with Crippen molar-refractivity contribution in [1.29, 1.82) is 0 Å². The van der Waals surface area contributed by atoms with E-state index in [9.17, 15) is 0 Å². The molecule has 0 N–H and O–H groups in total. The molecule has 0 atom stereocenters. The van der Waals surface area contributed by atoms with E-state index in [0.717, 1.165) is 0 Å². The number of hydrogen-bond acceptors (Lipinski definition) is 3. The summed E-state index contributed by atoms with van der Waals surface area (Å²) in [5.41, 5.74) is 5.59. The molecule has 1 heterocycles.